The summed E-state index contributed by atoms with van der Waals surface area (Å²) in [5, 5.41) is 24.8. The van der Waals surface area contributed by atoms with Gasteiger partial charge in [0.2, 0.25) is 0 Å². The lowest BCUT2D eigenvalue weighted by Crippen LogP contribution is -2.69. The maximum Gasteiger partial charge on any atom is 0.310 e. The van der Waals surface area contributed by atoms with E-state index in [0.29, 0.717) is 54.6 Å². The van der Waals surface area contributed by atoms with E-state index < -0.39 is 21.9 Å². The van der Waals surface area contributed by atoms with Crippen LogP contribution in [0.3, 0.4) is 0 Å². The summed E-state index contributed by atoms with van der Waals surface area (Å²) in [4.78, 5) is 27.4. The number of hydrogen-bond donors (Lipinski definition) is 3. The van der Waals surface area contributed by atoms with Crippen LogP contribution >= 0.6 is 0 Å². The second kappa shape index (κ2) is 13.4. The van der Waals surface area contributed by atoms with Crippen molar-refractivity contribution in [2.45, 2.75) is 170 Å². The van der Waals surface area contributed by atoms with Crippen molar-refractivity contribution < 1.29 is 33.0 Å². The molecule has 56 heavy (non-hydrogen) atoms. The number of hydrogen-bond acceptors (Lipinski definition) is 8. The topological polar surface area (TPSA) is 133 Å². The fraction of sp³-hybridized carbons (Fsp3) is 0.957. The zero-order valence-electron chi connectivity index (χ0n) is 36.3. The molecule has 9 nitrogen and oxygen atoms in total. The molecule has 7 aliphatic carbocycles. The Labute approximate surface area is 338 Å². The molecule has 1 aliphatic heterocycles. The van der Waals surface area contributed by atoms with Crippen molar-refractivity contribution in [2.75, 3.05) is 31.1 Å². The van der Waals surface area contributed by atoms with Gasteiger partial charge in [-0.3, -0.25) is 14.5 Å². The molecule has 1 heterocycles. The number of sulfone groups is 1. The van der Waals surface area contributed by atoms with Gasteiger partial charge in [0, 0.05) is 43.1 Å². The van der Waals surface area contributed by atoms with E-state index in [0.717, 1.165) is 19.3 Å². The SMILES string of the molecule is C[C@H](O)[C@H](CN[C@]12CC[C@@H](C3(C)CC3)[C@@H]1[C@H]1CC[C@@H]3[C@@]4(C)CC[C@H](OC(=O)[C@H]5[C@@H](CC(=O)O)C5(C)C)C(C)(C)[C@@H]4CC[C@@]3(C)[C@]1(C)CC2)N1CCS(=O)(=O)CC1. The Bertz CT molecular complexity index is 1680. The molecule has 0 aromatic carbocycles. The van der Waals surface area contributed by atoms with E-state index in [4.69, 9.17) is 4.74 Å². The number of rotatable bonds is 10. The summed E-state index contributed by atoms with van der Waals surface area (Å²) in [6, 6.07) is -0.0902. The number of nitrogens with zero attached hydrogens (tertiary/aromatic N) is 1. The van der Waals surface area contributed by atoms with Gasteiger partial charge in [-0.25, -0.2) is 8.42 Å². The van der Waals surface area contributed by atoms with E-state index in [1.54, 1.807) is 0 Å². The molecule has 14 atom stereocenters. The quantitative estimate of drug-likeness (QED) is 0.194. The van der Waals surface area contributed by atoms with Gasteiger partial charge in [-0.1, -0.05) is 55.4 Å². The lowest BCUT2D eigenvalue weighted by molar-refractivity contribution is -0.248. The predicted molar refractivity (Wildman–Crippen MR) is 218 cm³/mol. The molecule has 0 aromatic heterocycles. The number of carbonyl (C=O) groups excluding carboxylic acids is 1. The molecule has 8 rings (SSSR count). The lowest BCUT2D eigenvalue weighted by Gasteiger charge is -2.73. The highest BCUT2D eigenvalue weighted by atomic mass is 32.2. The first-order valence-corrected chi connectivity index (χ1v) is 24.6. The summed E-state index contributed by atoms with van der Waals surface area (Å²) in [6.45, 7) is 22.9. The van der Waals surface area contributed by atoms with E-state index in [1.165, 1.54) is 57.8 Å². The van der Waals surface area contributed by atoms with Crippen molar-refractivity contribution in [2.24, 2.45) is 73.9 Å². The van der Waals surface area contributed by atoms with E-state index in [1.807, 2.05) is 20.8 Å². The van der Waals surface area contributed by atoms with Gasteiger partial charge in [0.15, 0.2) is 9.84 Å². The van der Waals surface area contributed by atoms with Crippen LogP contribution in [0.25, 0.3) is 0 Å². The Morgan fingerprint density at radius 3 is 2.09 bits per heavy atom. The molecular weight excluding hydrogens is 725 g/mol. The van der Waals surface area contributed by atoms with Gasteiger partial charge in [0.25, 0.3) is 0 Å². The summed E-state index contributed by atoms with van der Waals surface area (Å²) >= 11 is 0. The van der Waals surface area contributed by atoms with Crippen LogP contribution in [0.4, 0.5) is 0 Å². The highest BCUT2D eigenvalue weighted by Gasteiger charge is 2.73. The first kappa shape index (κ1) is 41.5. The van der Waals surface area contributed by atoms with Crippen LogP contribution in [0.1, 0.15) is 146 Å². The Morgan fingerprint density at radius 2 is 1.46 bits per heavy atom. The maximum absolute atomic E-state index is 13.7. The molecule has 0 radical (unpaired) electrons. The highest BCUT2D eigenvalue weighted by molar-refractivity contribution is 7.91. The highest BCUT2D eigenvalue weighted by Crippen LogP contribution is 2.78. The number of esters is 1. The standard InChI is InChI=1S/C46H76N2O7S/c1-28(49)32(48-22-24-56(53,54)25-23-48)27-47-46-17-12-29(42(6)18-19-42)37(46)30-10-11-34-43(7)15-14-35(55-39(52)38-31(26-36(50)51)40(38,2)3)41(4,5)33(43)13-16-45(34,9)44(30,8)20-21-46/h28-35,37-38,47,49H,10-27H2,1-9H3,(H,50,51)/t28-,29+,30+,31+,32-,33-,34+,35-,37+,38+,43-,44+,45+,46-/m0/s1. The molecule has 0 unspecified atom stereocenters. The Kier molecular flexibility index (Phi) is 9.92. The smallest absolute Gasteiger partial charge is 0.310 e. The number of nitrogens with one attached hydrogen (secondary N) is 1. The number of aliphatic hydroxyl groups is 1. The second-order valence-electron chi connectivity index (χ2n) is 23.3. The van der Waals surface area contributed by atoms with Crippen molar-refractivity contribution in [1.82, 2.24) is 10.2 Å². The van der Waals surface area contributed by atoms with Crippen molar-refractivity contribution in [1.29, 1.82) is 0 Å². The average molecular weight is 801 g/mol. The van der Waals surface area contributed by atoms with Crippen molar-refractivity contribution in [3.63, 3.8) is 0 Å². The van der Waals surface area contributed by atoms with Crippen LogP contribution in [0, 0.1) is 73.9 Å². The fourth-order valence-corrected chi connectivity index (χ4v) is 17.6. The molecule has 0 bridgehead atoms. The lowest BCUT2D eigenvalue weighted by atomic mass is 9.32. The minimum atomic E-state index is -2.99. The van der Waals surface area contributed by atoms with Crippen LogP contribution < -0.4 is 5.32 Å². The zero-order valence-corrected chi connectivity index (χ0v) is 37.1. The summed E-state index contributed by atoms with van der Waals surface area (Å²) in [5.74, 6) is 1.88. The van der Waals surface area contributed by atoms with Crippen molar-refractivity contribution >= 4 is 21.8 Å². The van der Waals surface area contributed by atoms with Gasteiger partial charge in [-0.15, -0.1) is 0 Å². The van der Waals surface area contributed by atoms with E-state index in [-0.39, 0.29) is 80.5 Å². The number of fused-ring (bicyclic) bond motifs is 7. The Morgan fingerprint density at radius 1 is 0.786 bits per heavy atom. The van der Waals surface area contributed by atoms with Crippen molar-refractivity contribution in [3.8, 4) is 0 Å². The molecule has 0 amide bonds. The average Bonchev–Trinajstić information content (AvgIpc) is 3.90. The van der Waals surface area contributed by atoms with Gasteiger partial charge < -0.3 is 20.3 Å². The molecule has 1 saturated heterocycles. The van der Waals surface area contributed by atoms with Gasteiger partial charge in [0.05, 0.1) is 23.5 Å². The zero-order chi connectivity index (χ0) is 40.6. The Hall–Kier alpha value is -1.23. The van der Waals surface area contributed by atoms with E-state index in [2.05, 4.69) is 51.8 Å². The number of ether oxygens (including phenoxy) is 1. The molecule has 0 aromatic rings. The third-order valence-corrected chi connectivity index (χ3v) is 21.9. The minimum Gasteiger partial charge on any atom is -0.481 e. The van der Waals surface area contributed by atoms with E-state index in [9.17, 15) is 28.2 Å². The first-order chi connectivity index (χ1) is 26.0. The first-order valence-electron chi connectivity index (χ1n) is 22.8. The summed E-state index contributed by atoms with van der Waals surface area (Å²) in [5.41, 5.74) is 0.602. The molecule has 318 valence electrons. The normalized spacial score (nSPS) is 47.9. The van der Waals surface area contributed by atoms with Gasteiger partial charge in [0.1, 0.15) is 6.10 Å². The third-order valence-electron chi connectivity index (χ3n) is 20.3. The number of carboxylic acids is 1. The molecule has 8 aliphatic rings. The fourth-order valence-electron chi connectivity index (χ4n) is 16.4. The second-order valence-corrected chi connectivity index (χ2v) is 25.6. The van der Waals surface area contributed by atoms with Crippen LogP contribution in [-0.2, 0) is 24.2 Å². The molecule has 0 spiro atoms. The number of aliphatic carboxylic acids is 1. The molecule has 10 heteroatoms. The summed E-state index contributed by atoms with van der Waals surface area (Å²) in [7, 11) is -2.99. The predicted octanol–water partition coefficient (Wildman–Crippen LogP) is 7.35. The molecule has 8 fully saturated rings. The largest absolute Gasteiger partial charge is 0.481 e. The van der Waals surface area contributed by atoms with Gasteiger partial charge in [-0.2, -0.15) is 0 Å². The van der Waals surface area contributed by atoms with Gasteiger partial charge in [-0.05, 0) is 147 Å². The van der Waals surface area contributed by atoms with Gasteiger partial charge >= 0.3 is 11.9 Å². The minimum absolute atomic E-state index is 0.0226. The van der Waals surface area contributed by atoms with E-state index >= 15 is 0 Å². The third kappa shape index (κ3) is 6.22. The monoisotopic (exact) mass is 801 g/mol. The van der Waals surface area contributed by atoms with Crippen LogP contribution in [0.5, 0.6) is 0 Å². The number of carboxylic acid groups (broad SMARTS) is 1. The maximum atomic E-state index is 13.7. The summed E-state index contributed by atoms with van der Waals surface area (Å²) in [6.07, 6.45) is 13.7. The number of aliphatic hydroxyl groups excluding tert-OH is 1. The molecular formula is C46H76N2O7S. The summed E-state index contributed by atoms with van der Waals surface area (Å²) < 4.78 is 31.1. The van der Waals surface area contributed by atoms with Crippen LogP contribution in [0.15, 0.2) is 0 Å². The van der Waals surface area contributed by atoms with Crippen LogP contribution in [0.2, 0.25) is 0 Å². The number of carbonyl (C=O) groups is 2. The van der Waals surface area contributed by atoms with Crippen molar-refractivity contribution in [3.05, 3.63) is 0 Å². The Balaban J connectivity index is 1.02. The molecule has 3 N–H and O–H groups in total. The van der Waals surface area contributed by atoms with Crippen LogP contribution in [-0.4, -0.2) is 90.4 Å². The molecule has 7 saturated carbocycles.